The van der Waals surface area contributed by atoms with E-state index in [1.165, 1.54) is 32.5 Å². The van der Waals surface area contributed by atoms with Gasteiger partial charge in [0.2, 0.25) is 0 Å². The highest BCUT2D eigenvalue weighted by molar-refractivity contribution is 9.10. The van der Waals surface area contributed by atoms with Crippen LogP contribution in [0.5, 0.6) is 5.75 Å². The zero-order valence-corrected chi connectivity index (χ0v) is 14.8. The lowest BCUT2D eigenvalue weighted by molar-refractivity contribution is 0.154. The Kier molecular flexibility index (Phi) is 5.00. The molecule has 1 heterocycles. The first-order valence-corrected chi connectivity index (χ1v) is 8.69. The topological polar surface area (TPSA) is 88.8 Å². The van der Waals surface area contributed by atoms with Gasteiger partial charge in [0.25, 0.3) is 10.0 Å². The Morgan fingerprint density at radius 3 is 2.70 bits per heavy atom. The molecule has 2 aromatic rings. The summed E-state index contributed by atoms with van der Waals surface area (Å²) in [4.78, 5) is 12.0. The van der Waals surface area contributed by atoms with Gasteiger partial charge in [0, 0.05) is 19.3 Å². The number of carbonyl (C=O) groups is 1. The molecule has 1 aromatic heterocycles. The minimum atomic E-state index is -3.81. The van der Waals surface area contributed by atoms with E-state index in [1.54, 1.807) is 18.2 Å². The number of nitrogens with zero attached hydrogens (tertiary/aromatic N) is 2. The maximum absolute atomic E-state index is 12.7. The molecule has 2 rings (SSSR count). The summed E-state index contributed by atoms with van der Waals surface area (Å²) >= 11 is 3.20. The van der Waals surface area contributed by atoms with E-state index in [-0.39, 0.29) is 11.4 Å². The van der Waals surface area contributed by atoms with Crippen LogP contribution in [-0.2, 0) is 16.6 Å². The van der Waals surface area contributed by atoms with Gasteiger partial charge in [-0.3, -0.25) is 0 Å². The smallest absolute Gasteiger partial charge is 0.407 e. The maximum atomic E-state index is 12.7. The third kappa shape index (κ3) is 3.67. The molecule has 0 aliphatic carbocycles. The summed E-state index contributed by atoms with van der Waals surface area (Å²) in [5, 5.41) is 8.89. The second kappa shape index (κ2) is 6.63. The van der Waals surface area contributed by atoms with E-state index < -0.39 is 16.1 Å². The molecule has 7 nitrogen and oxygen atoms in total. The SMILES string of the molecule is COc1cccc(S(=O)(=O)n2cc(CN(C)C(=O)O)cc2Br)c1. The van der Waals surface area contributed by atoms with Gasteiger partial charge < -0.3 is 14.7 Å². The first-order valence-electron chi connectivity index (χ1n) is 6.46. The van der Waals surface area contributed by atoms with Crippen molar-refractivity contribution in [3.8, 4) is 5.75 Å². The fourth-order valence-corrected chi connectivity index (χ4v) is 4.22. The Labute approximate surface area is 142 Å². The van der Waals surface area contributed by atoms with Crippen molar-refractivity contribution < 1.29 is 23.1 Å². The second-order valence-electron chi connectivity index (χ2n) is 4.79. The second-order valence-corrected chi connectivity index (χ2v) is 7.42. The van der Waals surface area contributed by atoms with E-state index in [4.69, 9.17) is 9.84 Å². The molecule has 23 heavy (non-hydrogen) atoms. The number of rotatable bonds is 5. The van der Waals surface area contributed by atoms with E-state index in [2.05, 4.69) is 15.9 Å². The number of carboxylic acid groups (broad SMARTS) is 1. The first-order chi connectivity index (χ1) is 10.8. The Morgan fingerprint density at radius 1 is 1.39 bits per heavy atom. The molecule has 0 unspecified atom stereocenters. The van der Waals surface area contributed by atoms with Crippen LogP contribution in [0.2, 0.25) is 0 Å². The molecular formula is C14H15BrN2O5S. The Balaban J connectivity index is 2.40. The average Bonchev–Trinajstić information content (AvgIpc) is 2.88. The third-order valence-electron chi connectivity index (χ3n) is 3.14. The van der Waals surface area contributed by atoms with Crippen molar-refractivity contribution in [2.75, 3.05) is 14.2 Å². The van der Waals surface area contributed by atoms with E-state index >= 15 is 0 Å². The van der Waals surface area contributed by atoms with Gasteiger partial charge in [0.1, 0.15) is 10.4 Å². The first kappa shape index (κ1) is 17.4. The van der Waals surface area contributed by atoms with E-state index in [1.807, 2.05) is 0 Å². The van der Waals surface area contributed by atoms with Gasteiger partial charge in [-0.1, -0.05) is 6.07 Å². The van der Waals surface area contributed by atoms with E-state index in [0.29, 0.717) is 15.9 Å². The Morgan fingerprint density at radius 2 is 2.09 bits per heavy atom. The zero-order valence-electron chi connectivity index (χ0n) is 12.4. The molecule has 1 aromatic carbocycles. The van der Waals surface area contributed by atoms with Crippen LogP contribution < -0.4 is 4.74 Å². The van der Waals surface area contributed by atoms with Crippen molar-refractivity contribution in [2.45, 2.75) is 11.4 Å². The maximum Gasteiger partial charge on any atom is 0.407 e. The molecule has 0 aliphatic heterocycles. The predicted molar refractivity (Wildman–Crippen MR) is 87.2 cm³/mol. The molecule has 0 radical (unpaired) electrons. The molecule has 0 fully saturated rings. The van der Waals surface area contributed by atoms with Crippen molar-refractivity contribution in [2.24, 2.45) is 0 Å². The molecule has 0 saturated heterocycles. The summed E-state index contributed by atoms with van der Waals surface area (Å²) in [5.41, 5.74) is 0.549. The molecule has 0 spiro atoms. The lowest BCUT2D eigenvalue weighted by atomic mass is 10.3. The lowest BCUT2D eigenvalue weighted by Crippen LogP contribution is -2.23. The third-order valence-corrected chi connectivity index (χ3v) is 5.66. The fourth-order valence-electron chi connectivity index (χ4n) is 1.95. The largest absolute Gasteiger partial charge is 0.497 e. The number of hydrogen-bond donors (Lipinski definition) is 1. The van der Waals surface area contributed by atoms with E-state index in [0.717, 1.165) is 8.87 Å². The number of amides is 1. The molecule has 0 atom stereocenters. The van der Waals surface area contributed by atoms with Crippen LogP contribution >= 0.6 is 15.9 Å². The number of methoxy groups -OCH3 is 1. The van der Waals surface area contributed by atoms with Crippen molar-refractivity contribution in [1.82, 2.24) is 8.87 Å². The number of ether oxygens (including phenoxy) is 1. The molecule has 1 N–H and O–H groups in total. The van der Waals surface area contributed by atoms with Gasteiger partial charge in [-0.05, 0) is 39.7 Å². The highest BCUT2D eigenvalue weighted by Gasteiger charge is 2.21. The number of aromatic nitrogens is 1. The molecule has 0 bridgehead atoms. The Bertz CT molecular complexity index is 831. The van der Waals surface area contributed by atoms with Gasteiger partial charge in [-0.2, -0.15) is 0 Å². The summed E-state index contributed by atoms with van der Waals surface area (Å²) in [6, 6.07) is 7.69. The van der Waals surface area contributed by atoms with Crippen LogP contribution in [0.3, 0.4) is 0 Å². The van der Waals surface area contributed by atoms with Crippen LogP contribution in [0.1, 0.15) is 5.56 Å². The monoisotopic (exact) mass is 402 g/mol. The normalized spacial score (nSPS) is 11.3. The molecule has 124 valence electrons. The quantitative estimate of drug-likeness (QED) is 0.829. The number of halogens is 1. The van der Waals surface area contributed by atoms with Gasteiger partial charge in [0.15, 0.2) is 0 Å². The summed E-state index contributed by atoms with van der Waals surface area (Å²) in [6.45, 7) is 0.0779. The minimum Gasteiger partial charge on any atom is -0.497 e. The van der Waals surface area contributed by atoms with Crippen molar-refractivity contribution in [3.63, 3.8) is 0 Å². The van der Waals surface area contributed by atoms with Gasteiger partial charge in [-0.15, -0.1) is 0 Å². The van der Waals surface area contributed by atoms with Crippen LogP contribution in [0.25, 0.3) is 0 Å². The fraction of sp³-hybridized carbons (Fsp3) is 0.214. The van der Waals surface area contributed by atoms with Crippen molar-refractivity contribution in [3.05, 3.63) is 46.7 Å². The lowest BCUT2D eigenvalue weighted by Gasteiger charge is -2.11. The standard InChI is InChI=1S/C14H15BrN2O5S/c1-16(14(18)19)8-10-6-13(15)17(9-10)23(20,21)12-5-3-4-11(7-12)22-2/h3-7,9H,8H2,1-2H3,(H,18,19). The molecule has 9 heteroatoms. The predicted octanol–water partition coefficient (Wildman–Crippen LogP) is 2.61. The average molecular weight is 403 g/mol. The summed E-state index contributed by atoms with van der Waals surface area (Å²) in [7, 11) is -0.951. The van der Waals surface area contributed by atoms with Crippen LogP contribution in [0.4, 0.5) is 4.79 Å². The van der Waals surface area contributed by atoms with Gasteiger partial charge >= 0.3 is 6.09 Å². The van der Waals surface area contributed by atoms with Crippen LogP contribution in [0, 0.1) is 0 Å². The van der Waals surface area contributed by atoms with E-state index in [9.17, 15) is 13.2 Å². The Hall–Kier alpha value is -2.00. The van der Waals surface area contributed by atoms with Crippen molar-refractivity contribution >= 4 is 32.0 Å². The van der Waals surface area contributed by atoms with Crippen LogP contribution in [-0.4, -0.2) is 42.6 Å². The highest BCUT2D eigenvalue weighted by Crippen LogP contribution is 2.25. The molecule has 1 amide bonds. The minimum absolute atomic E-state index is 0.0753. The highest BCUT2D eigenvalue weighted by atomic mass is 79.9. The number of hydrogen-bond acceptors (Lipinski definition) is 4. The molecule has 0 aliphatic rings. The van der Waals surface area contributed by atoms with Crippen molar-refractivity contribution in [1.29, 1.82) is 0 Å². The number of benzene rings is 1. The van der Waals surface area contributed by atoms with Gasteiger partial charge in [0.05, 0.1) is 18.6 Å². The summed E-state index contributed by atoms with van der Waals surface area (Å²) in [5.74, 6) is 0.431. The van der Waals surface area contributed by atoms with Gasteiger partial charge in [-0.25, -0.2) is 17.2 Å². The zero-order chi connectivity index (χ0) is 17.2. The summed E-state index contributed by atoms with van der Waals surface area (Å²) in [6.07, 6.45) is 0.294. The molecular weight excluding hydrogens is 388 g/mol. The van der Waals surface area contributed by atoms with Crippen LogP contribution in [0.15, 0.2) is 46.0 Å². The summed E-state index contributed by atoms with van der Waals surface area (Å²) < 4.78 is 31.8. The molecule has 0 saturated carbocycles.